The lowest BCUT2D eigenvalue weighted by molar-refractivity contribution is 0.103. The maximum atomic E-state index is 10.1. The Kier molecular flexibility index (Phi) is 11.8. The van der Waals surface area contributed by atoms with Gasteiger partial charge >= 0.3 is 0 Å². The molecule has 0 aromatic heterocycles. The van der Waals surface area contributed by atoms with Crippen LogP contribution in [0.3, 0.4) is 0 Å². The summed E-state index contributed by atoms with van der Waals surface area (Å²) in [6.45, 7) is 4.59. The first-order valence-corrected chi connectivity index (χ1v) is 5.28. The summed E-state index contributed by atoms with van der Waals surface area (Å²) in [7, 11) is 0. The third-order valence-electron chi connectivity index (χ3n) is 1.84. The van der Waals surface area contributed by atoms with Crippen molar-refractivity contribution in [1.29, 1.82) is 0 Å². The highest BCUT2D eigenvalue weighted by molar-refractivity contribution is 4.42. The van der Waals surface area contributed by atoms with Gasteiger partial charge in [-0.15, -0.1) is 0 Å². The van der Waals surface area contributed by atoms with Crippen molar-refractivity contribution in [1.82, 2.24) is 5.32 Å². The van der Waals surface area contributed by atoms with Crippen molar-refractivity contribution in [2.75, 3.05) is 26.5 Å². The van der Waals surface area contributed by atoms with E-state index in [1.807, 2.05) is 0 Å². The first-order chi connectivity index (χ1) is 6.41. The van der Waals surface area contributed by atoms with Crippen LogP contribution in [0.5, 0.6) is 0 Å². The Balaban J connectivity index is 2.76. The molecule has 0 spiro atoms. The van der Waals surface area contributed by atoms with Crippen LogP contribution in [0.25, 0.3) is 0 Å². The largest absolute Gasteiger partial charge is 0.366 e. The maximum absolute atomic E-state index is 10.1. The third-order valence-corrected chi connectivity index (χ3v) is 1.84. The summed E-state index contributed by atoms with van der Waals surface area (Å²) in [4.78, 5) is 0. The Labute approximate surface area is 81.5 Å². The van der Waals surface area contributed by atoms with Gasteiger partial charge in [0, 0.05) is 6.61 Å². The fourth-order valence-electron chi connectivity index (χ4n) is 1.02. The van der Waals surface area contributed by atoms with Crippen LogP contribution in [0.1, 0.15) is 39.0 Å². The van der Waals surface area contributed by atoms with Crippen LogP contribution in [0.4, 0.5) is 0 Å². The lowest BCUT2D eigenvalue weighted by Crippen LogP contribution is -2.19. The topological polar surface area (TPSA) is 41.2 Å². The Morgan fingerprint density at radius 2 is 2.00 bits per heavy atom. The minimum absolute atomic E-state index is 0.0211. The lowest BCUT2D eigenvalue weighted by Gasteiger charge is -2.04. The SMILES string of the molecule is CCCCCNCOCCCC[O]. The van der Waals surface area contributed by atoms with Crippen molar-refractivity contribution in [3.05, 3.63) is 0 Å². The monoisotopic (exact) mass is 188 g/mol. The molecule has 0 saturated carbocycles. The highest BCUT2D eigenvalue weighted by Crippen LogP contribution is 1.91. The van der Waals surface area contributed by atoms with E-state index in [-0.39, 0.29) is 6.61 Å². The van der Waals surface area contributed by atoms with Crippen molar-refractivity contribution in [2.45, 2.75) is 39.0 Å². The predicted molar refractivity (Wildman–Crippen MR) is 53.1 cm³/mol. The molecule has 79 valence electrons. The number of unbranched alkanes of at least 4 members (excludes halogenated alkanes) is 3. The van der Waals surface area contributed by atoms with Crippen molar-refractivity contribution in [3.63, 3.8) is 0 Å². The van der Waals surface area contributed by atoms with Crippen LogP contribution < -0.4 is 5.32 Å². The Bertz CT molecular complexity index is 79.0. The summed E-state index contributed by atoms with van der Waals surface area (Å²) >= 11 is 0. The Morgan fingerprint density at radius 3 is 2.69 bits per heavy atom. The van der Waals surface area contributed by atoms with Crippen molar-refractivity contribution in [2.24, 2.45) is 0 Å². The van der Waals surface area contributed by atoms with E-state index in [1.165, 1.54) is 19.3 Å². The van der Waals surface area contributed by atoms with Gasteiger partial charge in [-0.3, -0.25) is 5.32 Å². The highest BCUT2D eigenvalue weighted by atomic mass is 16.5. The summed E-state index contributed by atoms with van der Waals surface area (Å²) in [5.74, 6) is 0. The van der Waals surface area contributed by atoms with Crippen LogP contribution in [0.15, 0.2) is 0 Å². The molecule has 1 N–H and O–H groups in total. The van der Waals surface area contributed by atoms with E-state index in [4.69, 9.17) is 4.74 Å². The van der Waals surface area contributed by atoms with Crippen molar-refractivity contribution in [3.8, 4) is 0 Å². The first-order valence-electron chi connectivity index (χ1n) is 5.28. The Morgan fingerprint density at radius 1 is 1.15 bits per heavy atom. The molecule has 0 rings (SSSR count). The van der Waals surface area contributed by atoms with E-state index >= 15 is 0 Å². The predicted octanol–water partition coefficient (Wildman–Crippen LogP) is 1.95. The maximum Gasteiger partial charge on any atom is 0.0965 e. The fourth-order valence-corrected chi connectivity index (χ4v) is 1.02. The van der Waals surface area contributed by atoms with Gasteiger partial charge in [0.15, 0.2) is 0 Å². The second-order valence-corrected chi connectivity index (χ2v) is 3.17. The van der Waals surface area contributed by atoms with Gasteiger partial charge in [-0.25, -0.2) is 5.11 Å². The molecule has 0 aliphatic rings. The van der Waals surface area contributed by atoms with Crippen LogP contribution >= 0.6 is 0 Å². The summed E-state index contributed by atoms with van der Waals surface area (Å²) in [6, 6.07) is 0. The smallest absolute Gasteiger partial charge is 0.0965 e. The molecular formula is C10H22NO2. The van der Waals surface area contributed by atoms with Gasteiger partial charge in [0.25, 0.3) is 0 Å². The van der Waals surface area contributed by atoms with Crippen LogP contribution in [0.2, 0.25) is 0 Å². The minimum Gasteiger partial charge on any atom is -0.366 e. The lowest BCUT2D eigenvalue weighted by atomic mass is 10.2. The zero-order chi connectivity index (χ0) is 9.78. The number of hydrogen-bond acceptors (Lipinski definition) is 2. The molecule has 3 heteroatoms. The quantitative estimate of drug-likeness (QED) is 0.420. The van der Waals surface area contributed by atoms with Gasteiger partial charge in [-0.05, 0) is 25.8 Å². The van der Waals surface area contributed by atoms with Crippen molar-refractivity contribution >= 4 is 0 Å². The second-order valence-electron chi connectivity index (χ2n) is 3.17. The first kappa shape index (κ1) is 12.9. The van der Waals surface area contributed by atoms with Crippen LogP contribution in [-0.2, 0) is 9.84 Å². The molecule has 0 unspecified atom stereocenters. The fraction of sp³-hybridized carbons (Fsp3) is 1.00. The van der Waals surface area contributed by atoms with E-state index in [2.05, 4.69) is 12.2 Å². The third kappa shape index (κ3) is 11.9. The molecule has 0 fully saturated rings. The summed E-state index contributed by atoms with van der Waals surface area (Å²) in [5, 5.41) is 13.3. The van der Waals surface area contributed by atoms with Gasteiger partial charge in [-0.2, -0.15) is 0 Å². The van der Waals surface area contributed by atoms with Gasteiger partial charge < -0.3 is 4.74 Å². The number of rotatable bonds is 10. The van der Waals surface area contributed by atoms with Gasteiger partial charge in [0.2, 0.25) is 0 Å². The molecule has 0 aliphatic heterocycles. The summed E-state index contributed by atoms with van der Waals surface area (Å²) in [5.41, 5.74) is 0. The van der Waals surface area contributed by atoms with Crippen LogP contribution in [-0.4, -0.2) is 26.5 Å². The average Bonchev–Trinajstić information content (AvgIpc) is 2.16. The molecule has 13 heavy (non-hydrogen) atoms. The molecule has 3 nitrogen and oxygen atoms in total. The molecular weight excluding hydrogens is 166 g/mol. The highest BCUT2D eigenvalue weighted by Gasteiger charge is 1.89. The molecule has 0 aliphatic carbocycles. The molecule has 1 radical (unpaired) electrons. The molecule has 0 heterocycles. The average molecular weight is 188 g/mol. The molecule has 0 aromatic rings. The second kappa shape index (κ2) is 11.9. The van der Waals surface area contributed by atoms with Crippen molar-refractivity contribution < 1.29 is 9.84 Å². The van der Waals surface area contributed by atoms with Gasteiger partial charge in [0.1, 0.15) is 0 Å². The van der Waals surface area contributed by atoms with E-state index in [1.54, 1.807) is 0 Å². The van der Waals surface area contributed by atoms with E-state index in [9.17, 15) is 5.11 Å². The Hall–Kier alpha value is -0.120. The zero-order valence-electron chi connectivity index (χ0n) is 8.68. The number of ether oxygens (including phenoxy) is 1. The molecule has 0 atom stereocenters. The molecule has 0 amide bonds. The number of hydrogen-bond donors (Lipinski definition) is 1. The van der Waals surface area contributed by atoms with E-state index in [0.717, 1.165) is 19.4 Å². The van der Waals surface area contributed by atoms with Crippen LogP contribution in [0, 0.1) is 0 Å². The van der Waals surface area contributed by atoms with E-state index < -0.39 is 0 Å². The standard InChI is InChI=1S/C10H22NO2/c1-2-3-4-7-11-10-13-9-6-5-8-12/h11H,2-10H2,1H3. The van der Waals surface area contributed by atoms with Gasteiger partial charge in [0.05, 0.1) is 13.3 Å². The molecule has 0 aromatic carbocycles. The molecule has 0 bridgehead atoms. The minimum atomic E-state index is 0.0211. The summed E-state index contributed by atoms with van der Waals surface area (Å²) < 4.78 is 5.27. The zero-order valence-corrected chi connectivity index (χ0v) is 8.68. The number of nitrogens with one attached hydrogen (secondary N) is 1. The normalized spacial score (nSPS) is 10.6. The van der Waals surface area contributed by atoms with E-state index in [0.29, 0.717) is 13.3 Å². The molecule has 0 saturated heterocycles. The van der Waals surface area contributed by atoms with Gasteiger partial charge in [-0.1, -0.05) is 19.8 Å². The summed E-state index contributed by atoms with van der Waals surface area (Å²) in [6.07, 6.45) is 5.38.